The van der Waals surface area contributed by atoms with Crippen molar-refractivity contribution in [1.29, 1.82) is 0 Å². The molecular formula is C21H25F3N2O4S2. The molecule has 2 N–H and O–H groups in total. The highest BCUT2D eigenvalue weighted by Crippen LogP contribution is 2.49. The number of alkyl halides is 3. The van der Waals surface area contributed by atoms with Gasteiger partial charge in [0.2, 0.25) is 10.0 Å². The third-order valence-electron chi connectivity index (χ3n) is 6.07. The van der Waals surface area contributed by atoms with Gasteiger partial charge in [-0.1, -0.05) is 24.3 Å². The van der Waals surface area contributed by atoms with Crippen molar-refractivity contribution in [1.82, 2.24) is 9.62 Å². The fourth-order valence-electron chi connectivity index (χ4n) is 4.11. The summed E-state index contributed by atoms with van der Waals surface area (Å²) in [6.07, 6.45) is -0.820. The Bertz CT molecular complexity index is 988. The van der Waals surface area contributed by atoms with E-state index in [0.29, 0.717) is 4.90 Å². The molecule has 0 bridgehead atoms. The fourth-order valence-corrected chi connectivity index (χ4v) is 6.25. The third-order valence-corrected chi connectivity index (χ3v) is 8.42. The first-order valence-corrected chi connectivity index (χ1v) is 12.5. The smallest absolute Gasteiger partial charge is 0.475 e. The van der Waals surface area contributed by atoms with Crippen LogP contribution < -0.4 is 4.72 Å². The number of carbonyl (C=O) groups is 1. The molecule has 2 aromatic rings. The van der Waals surface area contributed by atoms with E-state index in [2.05, 4.69) is 27.1 Å². The molecule has 0 radical (unpaired) electrons. The Morgan fingerprint density at radius 3 is 2.22 bits per heavy atom. The number of rotatable bonds is 5. The van der Waals surface area contributed by atoms with Crippen LogP contribution in [0.3, 0.4) is 0 Å². The zero-order valence-corrected chi connectivity index (χ0v) is 18.8. The Morgan fingerprint density at radius 2 is 1.75 bits per heavy atom. The summed E-state index contributed by atoms with van der Waals surface area (Å²) in [4.78, 5) is 13.2. The lowest BCUT2D eigenvalue weighted by molar-refractivity contribution is -0.192. The van der Waals surface area contributed by atoms with Crippen LogP contribution in [0.4, 0.5) is 13.2 Å². The zero-order chi connectivity index (χ0) is 23.4. The highest BCUT2D eigenvalue weighted by Gasteiger charge is 2.49. The molecule has 1 saturated carbocycles. The van der Waals surface area contributed by atoms with Crippen LogP contribution >= 0.6 is 11.3 Å². The number of thiophene rings is 1. The number of piperidine rings is 1. The van der Waals surface area contributed by atoms with Crippen LogP contribution in [0.1, 0.15) is 30.6 Å². The standard InChI is InChI=1S/C19H24N2O2S2.C2HF3O2/c22-25(23,17-6-2-1-3-7-17)20-18-8-9-19(18)10-12-21(13-11-19)15-16-5-4-14-24-16;3-2(4,5)1(6)7/h1-7,14,18,20H,8-13,15H2;(H,6,7). The molecule has 1 atom stereocenters. The van der Waals surface area contributed by atoms with E-state index in [1.807, 2.05) is 17.4 Å². The number of hydrogen-bond acceptors (Lipinski definition) is 5. The number of likely N-dealkylation sites (tertiary alicyclic amines) is 1. The second-order valence-electron chi connectivity index (χ2n) is 8.05. The molecular weight excluding hydrogens is 465 g/mol. The summed E-state index contributed by atoms with van der Waals surface area (Å²) >= 11 is 1.81. The van der Waals surface area contributed by atoms with E-state index in [1.54, 1.807) is 24.3 Å². The molecule has 1 aromatic heterocycles. The van der Waals surface area contributed by atoms with E-state index >= 15 is 0 Å². The van der Waals surface area contributed by atoms with E-state index in [0.717, 1.165) is 45.3 Å². The largest absolute Gasteiger partial charge is 0.490 e. The summed E-state index contributed by atoms with van der Waals surface area (Å²) in [6, 6.07) is 13.1. The number of aliphatic carboxylic acids is 1. The minimum atomic E-state index is -5.08. The monoisotopic (exact) mass is 490 g/mol. The van der Waals surface area contributed by atoms with Crippen LogP contribution in [-0.2, 0) is 21.4 Å². The van der Waals surface area contributed by atoms with Crippen molar-refractivity contribution in [2.75, 3.05) is 13.1 Å². The predicted octanol–water partition coefficient (Wildman–Crippen LogP) is 4.10. The first-order valence-electron chi connectivity index (χ1n) is 10.1. The van der Waals surface area contributed by atoms with Gasteiger partial charge in [0.1, 0.15) is 0 Å². The maximum atomic E-state index is 12.6. The minimum absolute atomic E-state index is 0.0848. The van der Waals surface area contributed by atoms with Gasteiger partial charge in [-0.15, -0.1) is 11.3 Å². The first-order chi connectivity index (χ1) is 15.0. The van der Waals surface area contributed by atoms with E-state index in [1.165, 1.54) is 4.88 Å². The number of hydrogen-bond donors (Lipinski definition) is 2. The van der Waals surface area contributed by atoms with Gasteiger partial charge >= 0.3 is 12.1 Å². The topological polar surface area (TPSA) is 86.7 Å². The highest BCUT2D eigenvalue weighted by atomic mass is 32.2. The Morgan fingerprint density at radius 1 is 1.12 bits per heavy atom. The second-order valence-corrected chi connectivity index (χ2v) is 10.8. The van der Waals surface area contributed by atoms with E-state index in [-0.39, 0.29) is 11.5 Å². The van der Waals surface area contributed by atoms with Crippen LogP contribution in [0.5, 0.6) is 0 Å². The van der Waals surface area contributed by atoms with Crippen molar-refractivity contribution in [3.8, 4) is 0 Å². The third kappa shape index (κ3) is 6.09. The van der Waals surface area contributed by atoms with Crippen LogP contribution in [0, 0.1) is 5.41 Å². The Labute approximate surface area is 189 Å². The summed E-state index contributed by atoms with van der Waals surface area (Å²) in [6.45, 7) is 3.14. The van der Waals surface area contributed by atoms with Crippen molar-refractivity contribution >= 4 is 27.3 Å². The van der Waals surface area contributed by atoms with Crippen LogP contribution in [0.25, 0.3) is 0 Å². The zero-order valence-electron chi connectivity index (χ0n) is 17.2. The van der Waals surface area contributed by atoms with Crippen molar-refractivity contribution < 1.29 is 31.5 Å². The SMILES string of the molecule is O=C(O)C(F)(F)F.O=S(=O)(NC1CCC12CCN(Cc1cccs1)CC2)c1ccccc1. The maximum Gasteiger partial charge on any atom is 0.490 e. The van der Waals surface area contributed by atoms with Crippen LogP contribution in [0.2, 0.25) is 0 Å². The van der Waals surface area contributed by atoms with Gasteiger partial charge in [-0.25, -0.2) is 17.9 Å². The van der Waals surface area contributed by atoms with E-state index in [4.69, 9.17) is 9.90 Å². The summed E-state index contributed by atoms with van der Waals surface area (Å²) in [7, 11) is -3.41. The highest BCUT2D eigenvalue weighted by molar-refractivity contribution is 7.89. The number of nitrogens with one attached hydrogen (secondary N) is 1. The molecule has 2 fully saturated rings. The summed E-state index contributed by atoms with van der Waals surface area (Å²) in [5.74, 6) is -2.76. The van der Waals surface area contributed by atoms with Crippen molar-refractivity contribution in [2.24, 2.45) is 5.41 Å². The lowest BCUT2D eigenvalue weighted by Crippen LogP contribution is -2.58. The normalized spacial score (nSPS) is 20.8. The average molecular weight is 491 g/mol. The molecule has 4 rings (SSSR count). The number of carboxylic acid groups (broad SMARTS) is 1. The molecule has 11 heteroatoms. The van der Waals surface area contributed by atoms with Gasteiger partial charge in [0.15, 0.2) is 0 Å². The molecule has 2 heterocycles. The van der Waals surface area contributed by atoms with Gasteiger partial charge in [-0.2, -0.15) is 13.2 Å². The molecule has 1 aliphatic heterocycles. The number of halogens is 3. The van der Waals surface area contributed by atoms with Gasteiger partial charge in [0, 0.05) is 17.5 Å². The predicted molar refractivity (Wildman–Crippen MR) is 115 cm³/mol. The second kappa shape index (κ2) is 9.90. The molecule has 2 aliphatic rings. The first kappa shape index (κ1) is 24.7. The molecule has 176 valence electrons. The summed E-state index contributed by atoms with van der Waals surface area (Å²) < 4.78 is 60.0. The molecule has 1 saturated heterocycles. The molecule has 1 spiro atoms. The number of benzene rings is 1. The van der Waals surface area contributed by atoms with Crippen LogP contribution in [0.15, 0.2) is 52.7 Å². The quantitative estimate of drug-likeness (QED) is 0.659. The molecule has 1 aliphatic carbocycles. The van der Waals surface area contributed by atoms with Gasteiger partial charge in [0.05, 0.1) is 4.90 Å². The number of nitrogens with zero attached hydrogens (tertiary/aromatic N) is 1. The van der Waals surface area contributed by atoms with Gasteiger partial charge in [-0.05, 0) is 67.8 Å². The maximum absolute atomic E-state index is 12.6. The van der Waals surface area contributed by atoms with Crippen molar-refractivity contribution in [3.63, 3.8) is 0 Å². The Balaban J connectivity index is 0.000000360. The molecule has 1 unspecified atom stereocenters. The van der Waals surface area contributed by atoms with Gasteiger partial charge < -0.3 is 5.11 Å². The minimum Gasteiger partial charge on any atom is -0.475 e. The van der Waals surface area contributed by atoms with Crippen molar-refractivity contribution in [2.45, 2.75) is 49.3 Å². The molecule has 0 amide bonds. The van der Waals surface area contributed by atoms with Gasteiger partial charge in [0.25, 0.3) is 0 Å². The lowest BCUT2D eigenvalue weighted by Gasteiger charge is -2.54. The molecule has 6 nitrogen and oxygen atoms in total. The van der Waals surface area contributed by atoms with E-state index in [9.17, 15) is 21.6 Å². The summed E-state index contributed by atoms with van der Waals surface area (Å²) in [5, 5.41) is 9.25. The Kier molecular flexibility index (Phi) is 7.64. The molecule has 32 heavy (non-hydrogen) atoms. The molecule has 1 aromatic carbocycles. The average Bonchev–Trinajstić information content (AvgIpc) is 3.25. The number of sulfonamides is 1. The number of carboxylic acids is 1. The van der Waals surface area contributed by atoms with E-state index < -0.39 is 22.2 Å². The van der Waals surface area contributed by atoms with Gasteiger partial charge in [-0.3, -0.25) is 4.90 Å². The Hall–Kier alpha value is -1.95. The van der Waals surface area contributed by atoms with Crippen molar-refractivity contribution in [3.05, 3.63) is 52.7 Å². The summed E-state index contributed by atoms with van der Waals surface area (Å²) in [5.41, 5.74) is 0.161. The lowest BCUT2D eigenvalue weighted by atomic mass is 9.60. The van der Waals surface area contributed by atoms with Crippen LogP contribution in [-0.4, -0.2) is 49.7 Å². The fraction of sp³-hybridized carbons (Fsp3) is 0.476.